The molecular formula is C16H20N2S4. The van der Waals surface area contributed by atoms with E-state index in [1.807, 2.05) is 53.6 Å². The maximum Gasteiger partial charge on any atom is 0.0511 e. The predicted molar refractivity (Wildman–Crippen MR) is 105 cm³/mol. The van der Waals surface area contributed by atoms with Crippen molar-refractivity contribution in [2.75, 3.05) is 0 Å². The van der Waals surface area contributed by atoms with Crippen LogP contribution in [0.3, 0.4) is 0 Å². The Kier molecular flexibility index (Phi) is 8.59. The molecule has 118 valence electrons. The lowest BCUT2D eigenvalue weighted by molar-refractivity contribution is 1.03. The van der Waals surface area contributed by atoms with E-state index in [0.717, 1.165) is 35.7 Å². The van der Waals surface area contributed by atoms with Crippen molar-refractivity contribution >= 4 is 41.2 Å². The SMILES string of the molecule is CCc1ccc(CSSSSCc2ccc(CC)nc2)nc1. The van der Waals surface area contributed by atoms with Gasteiger partial charge in [-0.2, -0.15) is 0 Å². The van der Waals surface area contributed by atoms with Crippen LogP contribution in [0.5, 0.6) is 0 Å². The average molecular weight is 369 g/mol. The second-order valence-electron chi connectivity index (χ2n) is 4.68. The van der Waals surface area contributed by atoms with Gasteiger partial charge in [-0.3, -0.25) is 9.97 Å². The smallest absolute Gasteiger partial charge is 0.0511 e. The molecule has 0 unspecified atom stereocenters. The summed E-state index contributed by atoms with van der Waals surface area (Å²) in [6.45, 7) is 4.28. The lowest BCUT2D eigenvalue weighted by Gasteiger charge is -2.03. The van der Waals surface area contributed by atoms with E-state index in [4.69, 9.17) is 0 Å². The van der Waals surface area contributed by atoms with Crippen molar-refractivity contribution in [3.63, 3.8) is 0 Å². The molecule has 0 aliphatic heterocycles. The Bertz CT molecular complexity index is 492. The number of hydrogen-bond donors (Lipinski definition) is 0. The molecule has 0 N–H and O–H groups in total. The number of pyridine rings is 2. The molecule has 2 heterocycles. The molecule has 22 heavy (non-hydrogen) atoms. The van der Waals surface area contributed by atoms with E-state index in [0.29, 0.717) is 0 Å². The Labute approximate surface area is 148 Å². The van der Waals surface area contributed by atoms with Crippen LogP contribution in [0.4, 0.5) is 0 Å². The van der Waals surface area contributed by atoms with Gasteiger partial charge >= 0.3 is 0 Å². The van der Waals surface area contributed by atoms with Crippen LogP contribution in [0.2, 0.25) is 0 Å². The highest BCUT2D eigenvalue weighted by molar-refractivity contribution is 9.25. The lowest BCUT2D eigenvalue weighted by Crippen LogP contribution is -1.88. The fraction of sp³-hybridized carbons (Fsp3) is 0.375. The topological polar surface area (TPSA) is 25.8 Å². The Balaban J connectivity index is 1.58. The average Bonchev–Trinajstić information content (AvgIpc) is 2.59. The summed E-state index contributed by atoms with van der Waals surface area (Å²) >= 11 is 0. The Morgan fingerprint density at radius 2 is 1.36 bits per heavy atom. The van der Waals surface area contributed by atoms with Gasteiger partial charge in [-0.1, -0.05) is 47.6 Å². The molecule has 0 radical (unpaired) electrons. The van der Waals surface area contributed by atoms with E-state index in [1.165, 1.54) is 11.1 Å². The van der Waals surface area contributed by atoms with Crippen LogP contribution < -0.4 is 0 Å². The zero-order valence-corrected chi connectivity index (χ0v) is 16.1. The largest absolute Gasteiger partial charge is 0.261 e. The Hall–Kier alpha value is -0.300. The van der Waals surface area contributed by atoms with Gasteiger partial charge in [0, 0.05) is 29.6 Å². The first-order valence-corrected chi connectivity index (χ1v) is 12.4. The summed E-state index contributed by atoms with van der Waals surface area (Å²) in [7, 11) is 7.35. The van der Waals surface area contributed by atoms with Crippen molar-refractivity contribution in [3.05, 3.63) is 59.2 Å². The van der Waals surface area contributed by atoms with E-state index in [-0.39, 0.29) is 0 Å². The first-order valence-electron chi connectivity index (χ1n) is 7.27. The minimum absolute atomic E-state index is 0.953. The summed E-state index contributed by atoms with van der Waals surface area (Å²) in [5, 5.41) is 0. The quantitative estimate of drug-likeness (QED) is 0.399. The molecule has 0 fully saturated rings. The normalized spacial score (nSPS) is 10.8. The van der Waals surface area contributed by atoms with Crippen molar-refractivity contribution in [2.24, 2.45) is 0 Å². The lowest BCUT2D eigenvalue weighted by atomic mass is 10.2. The third kappa shape index (κ3) is 6.44. The van der Waals surface area contributed by atoms with Gasteiger partial charge in [0.2, 0.25) is 0 Å². The number of aryl methyl sites for hydroxylation is 2. The second kappa shape index (κ2) is 10.5. The summed E-state index contributed by atoms with van der Waals surface area (Å²) in [6, 6.07) is 8.60. The first-order chi connectivity index (χ1) is 10.8. The van der Waals surface area contributed by atoms with E-state index in [9.17, 15) is 0 Å². The van der Waals surface area contributed by atoms with Gasteiger partial charge in [-0.05, 0) is 55.8 Å². The summed E-state index contributed by atoms with van der Waals surface area (Å²) in [4.78, 5) is 8.90. The zero-order valence-electron chi connectivity index (χ0n) is 12.8. The molecule has 2 aromatic heterocycles. The van der Waals surface area contributed by atoms with Crippen molar-refractivity contribution in [1.29, 1.82) is 0 Å². The molecule has 6 heteroatoms. The fourth-order valence-corrected chi connectivity index (χ4v) is 7.48. The van der Waals surface area contributed by atoms with Crippen molar-refractivity contribution in [3.8, 4) is 0 Å². The highest BCUT2D eigenvalue weighted by atomic mass is 33.7. The van der Waals surface area contributed by atoms with E-state index >= 15 is 0 Å². The number of rotatable bonds is 9. The van der Waals surface area contributed by atoms with Gasteiger partial charge in [0.15, 0.2) is 0 Å². The molecule has 0 aliphatic carbocycles. The van der Waals surface area contributed by atoms with Gasteiger partial charge in [0.05, 0.1) is 5.69 Å². The standard InChI is InChI=1S/C16H20N2S4/c1-3-13-5-8-16(18-9-13)12-20-22-21-19-11-14-6-7-15(4-2)17-10-14/h5-10H,3-4,11-12H2,1-2H3. The molecule has 2 nitrogen and oxygen atoms in total. The highest BCUT2D eigenvalue weighted by Crippen LogP contribution is 2.45. The van der Waals surface area contributed by atoms with Crippen molar-refractivity contribution < 1.29 is 0 Å². The molecule has 0 amide bonds. The van der Waals surface area contributed by atoms with E-state index < -0.39 is 0 Å². The van der Waals surface area contributed by atoms with E-state index in [1.54, 1.807) is 0 Å². The van der Waals surface area contributed by atoms with Crippen LogP contribution in [-0.4, -0.2) is 9.97 Å². The molecule has 0 spiro atoms. The van der Waals surface area contributed by atoms with Gasteiger partial charge in [0.25, 0.3) is 0 Å². The summed E-state index contributed by atoms with van der Waals surface area (Å²) in [6.07, 6.45) is 6.02. The number of aromatic nitrogens is 2. The third-order valence-electron chi connectivity index (χ3n) is 3.10. The Morgan fingerprint density at radius 1 is 0.727 bits per heavy atom. The molecule has 0 bridgehead atoms. The summed E-state index contributed by atoms with van der Waals surface area (Å²) in [5.74, 6) is 1.95. The molecule has 2 rings (SSSR count). The first kappa shape index (κ1) is 18.0. The van der Waals surface area contributed by atoms with Crippen molar-refractivity contribution in [1.82, 2.24) is 9.97 Å². The monoisotopic (exact) mass is 368 g/mol. The number of hydrogen-bond acceptors (Lipinski definition) is 6. The molecule has 0 aromatic carbocycles. The molecule has 0 saturated carbocycles. The van der Waals surface area contributed by atoms with Gasteiger partial charge in [-0.25, -0.2) is 0 Å². The maximum absolute atomic E-state index is 4.47. The van der Waals surface area contributed by atoms with Gasteiger partial charge < -0.3 is 0 Å². The molecule has 0 aliphatic rings. The highest BCUT2D eigenvalue weighted by Gasteiger charge is 1.99. The minimum atomic E-state index is 0.953. The van der Waals surface area contributed by atoms with Gasteiger partial charge in [-0.15, -0.1) is 0 Å². The Morgan fingerprint density at radius 3 is 1.95 bits per heavy atom. The third-order valence-corrected chi connectivity index (χ3v) is 9.39. The molecule has 0 atom stereocenters. The predicted octanol–water partition coefficient (Wildman–Crippen LogP) is 5.98. The van der Waals surface area contributed by atoms with Crippen molar-refractivity contribution in [2.45, 2.75) is 38.2 Å². The second-order valence-corrected chi connectivity index (χ2v) is 10.7. The van der Waals surface area contributed by atoms with Crippen LogP contribution in [-0.2, 0) is 24.3 Å². The minimum Gasteiger partial charge on any atom is -0.261 e. The van der Waals surface area contributed by atoms with Crippen LogP contribution in [0.1, 0.15) is 36.4 Å². The van der Waals surface area contributed by atoms with Crippen LogP contribution in [0, 0.1) is 0 Å². The van der Waals surface area contributed by atoms with Crippen LogP contribution in [0.15, 0.2) is 36.7 Å². The van der Waals surface area contributed by atoms with E-state index in [2.05, 4.69) is 48.1 Å². The summed E-state index contributed by atoms with van der Waals surface area (Å²) < 4.78 is 0. The maximum atomic E-state index is 4.47. The number of nitrogens with zero attached hydrogens (tertiary/aromatic N) is 2. The molecule has 0 saturated heterocycles. The van der Waals surface area contributed by atoms with Gasteiger partial charge in [0.1, 0.15) is 0 Å². The van der Waals surface area contributed by atoms with Crippen LogP contribution in [0.25, 0.3) is 0 Å². The summed E-state index contributed by atoms with van der Waals surface area (Å²) in [5.41, 5.74) is 4.90. The molecule has 2 aromatic rings. The molecular weight excluding hydrogens is 348 g/mol. The zero-order chi connectivity index (χ0) is 15.6. The van der Waals surface area contributed by atoms with Crippen LogP contribution >= 0.6 is 41.2 Å². The fourth-order valence-electron chi connectivity index (χ4n) is 1.72.